The molecule has 2 aromatic carbocycles. The molecule has 0 aliphatic carbocycles. The fourth-order valence-electron chi connectivity index (χ4n) is 3.11. The maximum absolute atomic E-state index is 12.8. The first kappa shape index (κ1) is 17.0. The minimum atomic E-state index is -0.656. The van der Waals surface area contributed by atoms with E-state index in [4.69, 9.17) is 4.74 Å². The number of carbonyl (C=O) groups is 2. The average Bonchev–Trinajstić information content (AvgIpc) is 2.96. The van der Waals surface area contributed by atoms with Crippen molar-refractivity contribution in [1.29, 1.82) is 0 Å². The third-order valence-corrected chi connectivity index (χ3v) is 4.36. The van der Waals surface area contributed by atoms with Crippen molar-refractivity contribution in [2.45, 2.75) is 39.0 Å². The van der Waals surface area contributed by atoms with Crippen molar-refractivity contribution < 1.29 is 14.3 Å². The second kappa shape index (κ2) is 7.38. The van der Waals surface area contributed by atoms with Crippen molar-refractivity contribution in [3.8, 4) is 0 Å². The predicted octanol–water partition coefficient (Wildman–Crippen LogP) is 3.28. The van der Waals surface area contributed by atoms with Gasteiger partial charge in [0.15, 0.2) is 0 Å². The van der Waals surface area contributed by atoms with Crippen molar-refractivity contribution in [2.24, 2.45) is 0 Å². The maximum Gasteiger partial charge on any atom is 0.408 e. The van der Waals surface area contributed by atoms with Crippen LogP contribution in [0.2, 0.25) is 0 Å². The monoisotopic (exact) mass is 338 g/mol. The van der Waals surface area contributed by atoms with Gasteiger partial charge in [0.2, 0.25) is 5.91 Å². The lowest BCUT2D eigenvalue weighted by atomic mass is 10.1. The summed E-state index contributed by atoms with van der Waals surface area (Å²) in [5.41, 5.74) is 2.98. The Morgan fingerprint density at radius 3 is 2.60 bits per heavy atom. The van der Waals surface area contributed by atoms with Gasteiger partial charge in [0, 0.05) is 11.7 Å². The largest absolute Gasteiger partial charge is 0.445 e. The summed E-state index contributed by atoms with van der Waals surface area (Å²) in [5.74, 6) is -0.130. The number of ether oxygens (including phenoxy) is 1. The third kappa shape index (κ3) is 3.82. The Morgan fingerprint density at radius 1 is 1.16 bits per heavy atom. The van der Waals surface area contributed by atoms with E-state index in [-0.39, 0.29) is 18.6 Å². The number of hydrogen-bond donors (Lipinski definition) is 1. The van der Waals surface area contributed by atoms with Crippen LogP contribution in [0.15, 0.2) is 54.6 Å². The number of carbonyl (C=O) groups excluding carboxylic acids is 2. The summed E-state index contributed by atoms with van der Waals surface area (Å²) in [4.78, 5) is 26.5. The molecule has 2 aromatic rings. The molecule has 1 heterocycles. The number of nitrogens with zero attached hydrogens (tertiary/aromatic N) is 1. The van der Waals surface area contributed by atoms with Gasteiger partial charge in [-0.25, -0.2) is 4.79 Å². The summed E-state index contributed by atoms with van der Waals surface area (Å²) in [6.45, 7) is 3.87. The molecule has 0 saturated carbocycles. The van der Waals surface area contributed by atoms with Crippen LogP contribution in [0.4, 0.5) is 10.5 Å². The summed E-state index contributed by atoms with van der Waals surface area (Å²) >= 11 is 0. The minimum Gasteiger partial charge on any atom is -0.445 e. The minimum absolute atomic E-state index is 0.0782. The molecule has 25 heavy (non-hydrogen) atoms. The fourth-order valence-corrected chi connectivity index (χ4v) is 3.11. The molecule has 1 N–H and O–H groups in total. The molecule has 0 spiro atoms. The highest BCUT2D eigenvalue weighted by molar-refractivity contribution is 6.00. The van der Waals surface area contributed by atoms with Crippen LogP contribution >= 0.6 is 0 Å². The van der Waals surface area contributed by atoms with E-state index in [1.807, 2.05) is 61.5 Å². The van der Waals surface area contributed by atoms with E-state index in [2.05, 4.69) is 5.32 Å². The molecule has 3 rings (SSSR count). The number of amides is 2. The maximum atomic E-state index is 12.8. The van der Waals surface area contributed by atoms with Crippen LogP contribution in [0.1, 0.15) is 25.0 Å². The quantitative estimate of drug-likeness (QED) is 0.931. The van der Waals surface area contributed by atoms with E-state index in [1.165, 1.54) is 0 Å². The first-order chi connectivity index (χ1) is 12.1. The molecule has 2 atom stereocenters. The highest BCUT2D eigenvalue weighted by Gasteiger charge is 2.33. The molecule has 0 fully saturated rings. The van der Waals surface area contributed by atoms with Gasteiger partial charge in [0.05, 0.1) is 0 Å². The van der Waals surface area contributed by atoms with Crippen molar-refractivity contribution in [3.05, 3.63) is 65.7 Å². The summed E-state index contributed by atoms with van der Waals surface area (Å²) in [7, 11) is 0. The van der Waals surface area contributed by atoms with Gasteiger partial charge < -0.3 is 15.0 Å². The molecule has 1 aliphatic rings. The second-order valence-corrected chi connectivity index (χ2v) is 6.32. The lowest BCUT2D eigenvalue weighted by molar-refractivity contribution is -0.120. The zero-order valence-electron chi connectivity index (χ0n) is 14.4. The first-order valence-corrected chi connectivity index (χ1v) is 8.44. The number of nitrogens with one attached hydrogen (secondary N) is 1. The van der Waals surface area contributed by atoms with E-state index >= 15 is 0 Å². The molecular formula is C20H22N2O3. The SMILES string of the molecule is C[C@H](NC(=O)OCc1ccccc1)C(=O)N1c2ccccc2C[C@@H]1C. The Hall–Kier alpha value is -2.82. The van der Waals surface area contributed by atoms with Crippen LogP contribution in [-0.2, 0) is 22.6 Å². The summed E-state index contributed by atoms with van der Waals surface area (Å²) in [6, 6.07) is 16.7. The van der Waals surface area contributed by atoms with Crippen LogP contribution in [0.5, 0.6) is 0 Å². The van der Waals surface area contributed by atoms with Gasteiger partial charge in [0.1, 0.15) is 12.6 Å². The molecule has 5 heteroatoms. The summed E-state index contributed by atoms with van der Waals surface area (Å²) < 4.78 is 5.19. The molecule has 0 saturated heterocycles. The molecule has 0 unspecified atom stereocenters. The molecule has 2 amide bonds. The van der Waals surface area contributed by atoms with Crippen LogP contribution in [0.3, 0.4) is 0 Å². The number of rotatable bonds is 4. The van der Waals surface area contributed by atoms with Crippen LogP contribution in [0, 0.1) is 0 Å². The van der Waals surface area contributed by atoms with Crippen molar-refractivity contribution in [3.63, 3.8) is 0 Å². The Bertz CT molecular complexity index is 761. The normalized spacial score (nSPS) is 16.9. The Morgan fingerprint density at radius 2 is 1.84 bits per heavy atom. The second-order valence-electron chi connectivity index (χ2n) is 6.32. The average molecular weight is 338 g/mol. The molecular weight excluding hydrogens is 316 g/mol. The Kier molecular flexibility index (Phi) is 5.03. The first-order valence-electron chi connectivity index (χ1n) is 8.44. The number of fused-ring (bicyclic) bond motifs is 1. The van der Waals surface area contributed by atoms with E-state index < -0.39 is 12.1 Å². The van der Waals surface area contributed by atoms with Gasteiger partial charge in [-0.1, -0.05) is 48.5 Å². The van der Waals surface area contributed by atoms with E-state index in [9.17, 15) is 9.59 Å². The van der Waals surface area contributed by atoms with Gasteiger partial charge >= 0.3 is 6.09 Å². The fraction of sp³-hybridized carbons (Fsp3) is 0.300. The third-order valence-electron chi connectivity index (χ3n) is 4.36. The number of benzene rings is 2. The highest BCUT2D eigenvalue weighted by atomic mass is 16.5. The lowest BCUT2D eigenvalue weighted by Gasteiger charge is -2.26. The number of para-hydroxylation sites is 1. The van der Waals surface area contributed by atoms with Crippen LogP contribution in [0.25, 0.3) is 0 Å². The molecule has 5 nitrogen and oxygen atoms in total. The molecule has 130 valence electrons. The van der Waals surface area contributed by atoms with E-state index in [0.29, 0.717) is 0 Å². The standard InChI is InChI=1S/C20H22N2O3/c1-14-12-17-10-6-7-11-18(17)22(14)19(23)15(2)21-20(24)25-13-16-8-4-3-5-9-16/h3-11,14-15H,12-13H2,1-2H3,(H,21,24)/t14-,15-/m0/s1. The zero-order chi connectivity index (χ0) is 17.8. The topological polar surface area (TPSA) is 58.6 Å². The van der Waals surface area contributed by atoms with E-state index in [0.717, 1.165) is 23.2 Å². The van der Waals surface area contributed by atoms with Crippen molar-refractivity contribution in [1.82, 2.24) is 5.32 Å². The number of alkyl carbamates (subject to hydrolysis) is 1. The van der Waals surface area contributed by atoms with Gasteiger partial charge in [-0.05, 0) is 37.5 Å². The molecule has 0 radical (unpaired) electrons. The predicted molar refractivity (Wildman–Crippen MR) is 96.3 cm³/mol. The molecule has 0 bridgehead atoms. The van der Waals surface area contributed by atoms with Gasteiger partial charge in [-0.3, -0.25) is 4.79 Å². The molecule has 0 aromatic heterocycles. The Balaban J connectivity index is 1.58. The van der Waals surface area contributed by atoms with Gasteiger partial charge in [0.25, 0.3) is 0 Å². The van der Waals surface area contributed by atoms with Crippen molar-refractivity contribution >= 4 is 17.7 Å². The smallest absolute Gasteiger partial charge is 0.408 e. The summed E-state index contributed by atoms with van der Waals surface area (Å²) in [6.07, 6.45) is 0.234. The number of anilines is 1. The van der Waals surface area contributed by atoms with Gasteiger partial charge in [-0.2, -0.15) is 0 Å². The van der Waals surface area contributed by atoms with Crippen LogP contribution in [-0.4, -0.2) is 24.1 Å². The zero-order valence-corrected chi connectivity index (χ0v) is 14.4. The number of hydrogen-bond acceptors (Lipinski definition) is 3. The van der Waals surface area contributed by atoms with E-state index in [1.54, 1.807) is 11.8 Å². The van der Waals surface area contributed by atoms with Crippen molar-refractivity contribution in [2.75, 3.05) is 4.90 Å². The molecule has 1 aliphatic heterocycles. The van der Waals surface area contributed by atoms with Crippen LogP contribution < -0.4 is 10.2 Å². The van der Waals surface area contributed by atoms with Gasteiger partial charge in [-0.15, -0.1) is 0 Å². The lowest BCUT2D eigenvalue weighted by Crippen LogP contribution is -2.49. The highest BCUT2D eigenvalue weighted by Crippen LogP contribution is 2.32. The Labute approximate surface area is 147 Å². The summed E-state index contributed by atoms with van der Waals surface area (Å²) in [5, 5.41) is 2.63.